The fourth-order valence-electron chi connectivity index (χ4n) is 0.787. The lowest BCUT2D eigenvalue weighted by Crippen LogP contribution is -1.99. The Morgan fingerprint density at radius 1 is 1.67 bits per heavy atom. The van der Waals surface area contributed by atoms with Gasteiger partial charge >= 0.3 is 5.97 Å². The van der Waals surface area contributed by atoms with Crippen molar-refractivity contribution < 1.29 is 9.90 Å². The van der Waals surface area contributed by atoms with Gasteiger partial charge in [-0.15, -0.1) is 23.1 Å². The number of carbonyl (C=O) groups is 1. The second-order valence-corrected chi connectivity index (χ2v) is 4.41. The summed E-state index contributed by atoms with van der Waals surface area (Å²) in [4.78, 5) is 11.5. The van der Waals surface area contributed by atoms with Gasteiger partial charge in [0.25, 0.3) is 0 Å². The van der Waals surface area contributed by atoms with Crippen LogP contribution < -0.4 is 0 Å². The molecule has 0 atom stereocenters. The molecule has 0 amide bonds. The Balaban J connectivity index is 2.07. The van der Waals surface area contributed by atoms with E-state index in [1.165, 1.54) is 16.6 Å². The third kappa shape index (κ3) is 3.78. The predicted octanol–water partition coefficient (Wildman–Crippen LogP) is 2.11. The van der Waals surface area contributed by atoms with Crippen LogP contribution in [0.3, 0.4) is 0 Å². The Hall–Kier alpha value is -0.480. The number of hydrogen-bond donors (Lipinski definition) is 1. The summed E-state index contributed by atoms with van der Waals surface area (Å²) < 4.78 is 0. The molecule has 1 aromatic rings. The number of aryl methyl sites for hydroxylation is 1. The van der Waals surface area contributed by atoms with E-state index in [2.05, 4.69) is 6.07 Å². The molecule has 0 saturated heterocycles. The fourth-order valence-corrected chi connectivity index (χ4v) is 2.31. The van der Waals surface area contributed by atoms with Gasteiger partial charge < -0.3 is 5.11 Å². The summed E-state index contributed by atoms with van der Waals surface area (Å²) in [6, 6.07) is 4.09. The Labute approximate surface area is 79.6 Å². The molecule has 0 aliphatic rings. The van der Waals surface area contributed by atoms with E-state index in [1.807, 2.05) is 11.4 Å². The van der Waals surface area contributed by atoms with Crippen LogP contribution in [0.5, 0.6) is 0 Å². The first-order chi connectivity index (χ1) is 5.79. The first-order valence-electron chi connectivity index (χ1n) is 3.61. The van der Waals surface area contributed by atoms with Gasteiger partial charge in [-0.2, -0.15) is 0 Å². The van der Waals surface area contributed by atoms with Gasteiger partial charge in [-0.1, -0.05) is 6.07 Å². The molecule has 4 heteroatoms. The number of aliphatic carboxylic acids is 1. The average Bonchev–Trinajstić information content (AvgIpc) is 2.49. The highest BCUT2D eigenvalue weighted by Crippen LogP contribution is 2.12. The second kappa shape index (κ2) is 5.22. The lowest BCUT2D eigenvalue weighted by atomic mass is 10.4. The molecule has 1 rings (SSSR count). The van der Waals surface area contributed by atoms with Gasteiger partial charge in [0.05, 0.1) is 5.75 Å². The van der Waals surface area contributed by atoms with E-state index in [1.54, 1.807) is 11.3 Å². The van der Waals surface area contributed by atoms with Crippen LogP contribution in [0.2, 0.25) is 0 Å². The van der Waals surface area contributed by atoms with Crippen molar-refractivity contribution in [3.63, 3.8) is 0 Å². The zero-order valence-electron chi connectivity index (χ0n) is 6.53. The average molecular weight is 202 g/mol. The van der Waals surface area contributed by atoms with Crippen LogP contribution in [0, 0.1) is 0 Å². The summed E-state index contributed by atoms with van der Waals surface area (Å²) in [5, 5.41) is 10.4. The maximum atomic E-state index is 10.1. The van der Waals surface area contributed by atoms with Gasteiger partial charge in [-0.05, 0) is 23.6 Å². The van der Waals surface area contributed by atoms with Gasteiger partial charge in [0.1, 0.15) is 0 Å². The highest BCUT2D eigenvalue weighted by molar-refractivity contribution is 7.99. The van der Waals surface area contributed by atoms with E-state index in [-0.39, 0.29) is 5.75 Å². The zero-order chi connectivity index (χ0) is 8.81. The Bertz CT molecular complexity index is 231. The Morgan fingerprint density at radius 3 is 3.08 bits per heavy atom. The molecular weight excluding hydrogens is 192 g/mol. The summed E-state index contributed by atoms with van der Waals surface area (Å²) >= 11 is 3.19. The quantitative estimate of drug-likeness (QED) is 0.743. The molecule has 0 aliphatic heterocycles. The molecule has 2 nitrogen and oxygen atoms in total. The molecule has 0 saturated carbocycles. The van der Waals surface area contributed by atoms with E-state index in [9.17, 15) is 4.79 Å². The summed E-state index contributed by atoms with van der Waals surface area (Å²) in [6.07, 6.45) is 0.982. The number of carboxylic acid groups (broad SMARTS) is 1. The van der Waals surface area contributed by atoms with Crippen molar-refractivity contribution >= 4 is 29.1 Å². The van der Waals surface area contributed by atoms with E-state index >= 15 is 0 Å². The smallest absolute Gasteiger partial charge is 0.313 e. The molecule has 0 aliphatic carbocycles. The van der Waals surface area contributed by atoms with Crippen LogP contribution in [-0.2, 0) is 11.2 Å². The first kappa shape index (κ1) is 9.61. The van der Waals surface area contributed by atoms with Gasteiger partial charge in [0.15, 0.2) is 0 Å². The normalized spacial score (nSPS) is 10.0. The van der Waals surface area contributed by atoms with Crippen LogP contribution in [0.4, 0.5) is 0 Å². The summed E-state index contributed by atoms with van der Waals surface area (Å²) in [5.41, 5.74) is 0. The van der Waals surface area contributed by atoms with Crippen LogP contribution in [0.15, 0.2) is 17.5 Å². The molecule has 0 aromatic carbocycles. The summed E-state index contributed by atoms with van der Waals surface area (Å²) in [6.45, 7) is 0. The Morgan fingerprint density at radius 2 is 2.50 bits per heavy atom. The predicted molar refractivity (Wildman–Crippen MR) is 53.0 cm³/mol. The maximum absolute atomic E-state index is 10.1. The molecule has 1 aromatic heterocycles. The topological polar surface area (TPSA) is 37.3 Å². The van der Waals surface area contributed by atoms with Crippen molar-refractivity contribution in [3.05, 3.63) is 22.4 Å². The number of carboxylic acids is 1. The minimum atomic E-state index is -0.730. The van der Waals surface area contributed by atoms with Gasteiger partial charge in [0.2, 0.25) is 0 Å². The van der Waals surface area contributed by atoms with E-state index < -0.39 is 5.97 Å². The standard InChI is InChI=1S/C8H10O2S2/c9-8(10)6-11-5-3-7-2-1-4-12-7/h1-2,4H,3,5-6H2,(H,9,10). The molecule has 0 bridgehead atoms. The Kier molecular flexibility index (Phi) is 4.18. The number of rotatable bonds is 5. The number of thiophene rings is 1. The van der Waals surface area contributed by atoms with Crippen molar-refractivity contribution in [2.24, 2.45) is 0 Å². The summed E-state index contributed by atoms with van der Waals surface area (Å²) in [5.74, 6) is 0.379. The minimum Gasteiger partial charge on any atom is -0.481 e. The molecule has 0 radical (unpaired) electrons. The van der Waals surface area contributed by atoms with Crippen LogP contribution >= 0.6 is 23.1 Å². The molecular formula is C8H10O2S2. The van der Waals surface area contributed by atoms with Crippen molar-refractivity contribution in [1.82, 2.24) is 0 Å². The number of hydrogen-bond acceptors (Lipinski definition) is 3. The van der Waals surface area contributed by atoms with E-state index in [0.29, 0.717) is 0 Å². The molecule has 0 fully saturated rings. The molecule has 1 heterocycles. The maximum Gasteiger partial charge on any atom is 0.313 e. The highest BCUT2D eigenvalue weighted by atomic mass is 32.2. The second-order valence-electron chi connectivity index (χ2n) is 2.28. The largest absolute Gasteiger partial charge is 0.481 e. The van der Waals surface area contributed by atoms with Crippen molar-refractivity contribution in [2.45, 2.75) is 6.42 Å². The molecule has 0 unspecified atom stereocenters. The lowest BCUT2D eigenvalue weighted by Gasteiger charge is -1.95. The summed E-state index contributed by atoms with van der Waals surface area (Å²) in [7, 11) is 0. The van der Waals surface area contributed by atoms with E-state index in [0.717, 1.165) is 12.2 Å². The lowest BCUT2D eigenvalue weighted by molar-refractivity contribution is -0.133. The molecule has 0 spiro atoms. The van der Waals surface area contributed by atoms with Crippen LogP contribution in [-0.4, -0.2) is 22.6 Å². The van der Waals surface area contributed by atoms with Crippen LogP contribution in [0.25, 0.3) is 0 Å². The number of thioether (sulfide) groups is 1. The molecule has 12 heavy (non-hydrogen) atoms. The molecule has 66 valence electrons. The third-order valence-corrected chi connectivity index (χ3v) is 3.18. The first-order valence-corrected chi connectivity index (χ1v) is 5.64. The highest BCUT2D eigenvalue weighted by Gasteiger charge is 1.97. The van der Waals surface area contributed by atoms with Gasteiger partial charge in [-0.3, -0.25) is 4.79 Å². The third-order valence-electron chi connectivity index (χ3n) is 1.30. The fraction of sp³-hybridized carbons (Fsp3) is 0.375. The van der Waals surface area contributed by atoms with Crippen molar-refractivity contribution in [3.8, 4) is 0 Å². The van der Waals surface area contributed by atoms with Crippen LogP contribution in [0.1, 0.15) is 4.88 Å². The SMILES string of the molecule is O=C(O)CSCCc1cccs1. The van der Waals surface area contributed by atoms with Gasteiger partial charge in [0, 0.05) is 4.88 Å². The zero-order valence-corrected chi connectivity index (χ0v) is 8.16. The van der Waals surface area contributed by atoms with Gasteiger partial charge in [-0.25, -0.2) is 0 Å². The minimum absolute atomic E-state index is 0.214. The molecule has 1 N–H and O–H groups in total. The van der Waals surface area contributed by atoms with Crippen molar-refractivity contribution in [1.29, 1.82) is 0 Å². The van der Waals surface area contributed by atoms with Crippen molar-refractivity contribution in [2.75, 3.05) is 11.5 Å². The van der Waals surface area contributed by atoms with E-state index in [4.69, 9.17) is 5.11 Å². The monoisotopic (exact) mass is 202 g/mol.